The second-order valence-electron chi connectivity index (χ2n) is 7.05. The zero-order chi connectivity index (χ0) is 16.9. The number of sulfone groups is 1. The molecule has 0 bridgehead atoms. The zero-order valence-electron chi connectivity index (χ0n) is 14.2. The van der Waals surface area contributed by atoms with Gasteiger partial charge < -0.3 is 20.0 Å². The van der Waals surface area contributed by atoms with Crippen LogP contribution < -0.4 is 0 Å². The Bertz CT molecular complexity index is 417. The quantitative estimate of drug-likeness (QED) is 0.679. The van der Waals surface area contributed by atoms with Crippen LogP contribution in [0.15, 0.2) is 0 Å². The fraction of sp³-hybridized carbons (Fsp3) is 1.00. The molecule has 2 aliphatic heterocycles. The van der Waals surface area contributed by atoms with E-state index >= 15 is 0 Å². The van der Waals surface area contributed by atoms with E-state index in [1.165, 1.54) is 0 Å². The van der Waals surface area contributed by atoms with E-state index in [0.717, 1.165) is 51.9 Å². The van der Waals surface area contributed by atoms with Crippen LogP contribution >= 0.6 is 0 Å². The summed E-state index contributed by atoms with van der Waals surface area (Å²) in [4.78, 5) is 4.37. The number of rotatable bonds is 7. The minimum Gasteiger partial charge on any atom is -0.393 e. The molecule has 0 amide bonds. The first-order valence-electron chi connectivity index (χ1n) is 8.93. The molecule has 2 heterocycles. The summed E-state index contributed by atoms with van der Waals surface area (Å²) in [5, 5.41) is 18.9. The van der Waals surface area contributed by atoms with Crippen molar-refractivity contribution in [3.8, 4) is 0 Å². The minimum atomic E-state index is -3.11. The Hall–Kier alpha value is -0.210. The third-order valence-electron chi connectivity index (χ3n) is 5.03. The molecular weight excluding hydrogens is 316 g/mol. The number of hydrogen-bond acceptors (Lipinski definition) is 6. The highest BCUT2D eigenvalue weighted by molar-refractivity contribution is 7.92. The van der Waals surface area contributed by atoms with Gasteiger partial charge in [-0.25, -0.2) is 8.42 Å². The Morgan fingerprint density at radius 2 is 1.30 bits per heavy atom. The van der Waals surface area contributed by atoms with Gasteiger partial charge in [0, 0.05) is 39.3 Å². The Labute approximate surface area is 140 Å². The summed E-state index contributed by atoms with van der Waals surface area (Å²) in [6, 6.07) is 0. The second-order valence-corrected chi connectivity index (χ2v) is 9.45. The van der Waals surface area contributed by atoms with Gasteiger partial charge in [0.15, 0.2) is 9.84 Å². The molecule has 2 aliphatic rings. The summed E-state index contributed by atoms with van der Waals surface area (Å²) in [5.74, 6) is 0.241. The predicted octanol–water partition coefficient (Wildman–Crippen LogP) is 0.0932. The smallest absolute Gasteiger partial charge is 0.155 e. The van der Waals surface area contributed by atoms with E-state index in [-0.39, 0.29) is 23.2 Å². The van der Waals surface area contributed by atoms with Crippen molar-refractivity contribution in [1.29, 1.82) is 0 Å². The van der Waals surface area contributed by atoms with E-state index in [9.17, 15) is 18.6 Å². The summed E-state index contributed by atoms with van der Waals surface area (Å²) >= 11 is 0. The molecule has 23 heavy (non-hydrogen) atoms. The lowest BCUT2D eigenvalue weighted by Crippen LogP contribution is -2.49. The predicted molar refractivity (Wildman–Crippen MR) is 91.2 cm³/mol. The van der Waals surface area contributed by atoms with Gasteiger partial charge in [0.05, 0.1) is 23.2 Å². The van der Waals surface area contributed by atoms with Crippen LogP contribution in [0, 0.1) is 0 Å². The molecule has 2 fully saturated rings. The fourth-order valence-electron chi connectivity index (χ4n) is 3.52. The molecule has 0 saturated carbocycles. The molecule has 2 saturated heterocycles. The van der Waals surface area contributed by atoms with E-state index in [4.69, 9.17) is 0 Å². The van der Waals surface area contributed by atoms with Gasteiger partial charge in [-0.05, 0) is 32.1 Å². The van der Waals surface area contributed by atoms with Crippen LogP contribution in [0.4, 0.5) is 0 Å². The van der Waals surface area contributed by atoms with Gasteiger partial charge in [0.2, 0.25) is 0 Å². The SMILES string of the molecule is CCCS(=O)(=O)C(CN1CCC(O)CC1)CN1CCC(O)CC1. The van der Waals surface area contributed by atoms with Crippen LogP contribution in [0.1, 0.15) is 39.0 Å². The number of hydrogen-bond donors (Lipinski definition) is 2. The standard InChI is InChI=1S/C16H32N2O4S/c1-2-11-23(21,22)16(12-17-7-3-14(19)4-8-17)13-18-9-5-15(20)6-10-18/h14-16,19-20H,2-13H2,1H3. The number of piperidine rings is 2. The molecule has 2 rings (SSSR count). The summed E-state index contributed by atoms with van der Waals surface area (Å²) < 4.78 is 25.3. The van der Waals surface area contributed by atoms with Crippen LogP contribution in [0.2, 0.25) is 0 Å². The van der Waals surface area contributed by atoms with E-state index in [0.29, 0.717) is 19.5 Å². The average molecular weight is 349 g/mol. The fourth-order valence-corrected chi connectivity index (χ4v) is 5.29. The van der Waals surface area contributed by atoms with Crippen molar-refractivity contribution in [3.63, 3.8) is 0 Å². The molecule has 6 nitrogen and oxygen atoms in total. The minimum absolute atomic E-state index is 0.236. The lowest BCUT2D eigenvalue weighted by molar-refractivity contribution is 0.0706. The van der Waals surface area contributed by atoms with Crippen molar-refractivity contribution >= 4 is 9.84 Å². The highest BCUT2D eigenvalue weighted by atomic mass is 32.2. The molecule has 0 aliphatic carbocycles. The van der Waals surface area contributed by atoms with Crippen LogP contribution in [0.25, 0.3) is 0 Å². The Kier molecular flexibility index (Phi) is 7.28. The van der Waals surface area contributed by atoms with Gasteiger partial charge in [-0.3, -0.25) is 0 Å². The van der Waals surface area contributed by atoms with Crippen LogP contribution in [0.5, 0.6) is 0 Å². The molecular formula is C16H32N2O4S. The van der Waals surface area contributed by atoms with Crippen molar-refractivity contribution in [3.05, 3.63) is 0 Å². The van der Waals surface area contributed by atoms with E-state index < -0.39 is 9.84 Å². The first-order chi connectivity index (χ1) is 10.9. The Morgan fingerprint density at radius 1 is 0.913 bits per heavy atom. The van der Waals surface area contributed by atoms with E-state index in [1.54, 1.807) is 0 Å². The molecule has 0 aromatic carbocycles. The first-order valence-corrected chi connectivity index (χ1v) is 10.6. The zero-order valence-corrected chi connectivity index (χ0v) is 15.0. The maximum absolute atomic E-state index is 12.7. The molecule has 0 radical (unpaired) electrons. The van der Waals surface area contributed by atoms with Crippen molar-refractivity contribution in [1.82, 2.24) is 9.80 Å². The first kappa shape index (κ1) is 19.1. The average Bonchev–Trinajstić information content (AvgIpc) is 2.51. The highest BCUT2D eigenvalue weighted by Crippen LogP contribution is 2.17. The van der Waals surface area contributed by atoms with Gasteiger partial charge in [0.1, 0.15) is 0 Å². The summed E-state index contributed by atoms with van der Waals surface area (Å²) in [6.07, 6.45) is 3.11. The third-order valence-corrected chi connectivity index (χ3v) is 7.33. The van der Waals surface area contributed by atoms with Gasteiger partial charge in [-0.1, -0.05) is 6.92 Å². The molecule has 0 aromatic heterocycles. The maximum Gasteiger partial charge on any atom is 0.155 e. The van der Waals surface area contributed by atoms with Crippen molar-refractivity contribution in [2.24, 2.45) is 0 Å². The normalized spacial score (nSPS) is 23.7. The Balaban J connectivity index is 1.97. The molecule has 7 heteroatoms. The number of likely N-dealkylation sites (tertiary alicyclic amines) is 2. The van der Waals surface area contributed by atoms with E-state index in [1.807, 2.05) is 6.92 Å². The van der Waals surface area contributed by atoms with Crippen molar-refractivity contribution in [2.45, 2.75) is 56.5 Å². The summed E-state index contributed by atoms with van der Waals surface area (Å²) in [5.41, 5.74) is 0. The lowest BCUT2D eigenvalue weighted by Gasteiger charge is -2.36. The van der Waals surface area contributed by atoms with Crippen molar-refractivity contribution < 1.29 is 18.6 Å². The highest BCUT2D eigenvalue weighted by Gasteiger charge is 2.31. The molecule has 0 aromatic rings. The van der Waals surface area contributed by atoms with E-state index in [2.05, 4.69) is 9.80 Å². The Morgan fingerprint density at radius 3 is 1.65 bits per heavy atom. The van der Waals surface area contributed by atoms with Gasteiger partial charge in [-0.15, -0.1) is 0 Å². The second kappa shape index (κ2) is 8.76. The van der Waals surface area contributed by atoms with Gasteiger partial charge in [-0.2, -0.15) is 0 Å². The molecule has 0 spiro atoms. The number of aliphatic hydroxyl groups excluding tert-OH is 2. The van der Waals surface area contributed by atoms with Gasteiger partial charge >= 0.3 is 0 Å². The van der Waals surface area contributed by atoms with Crippen LogP contribution in [0.3, 0.4) is 0 Å². The molecule has 2 N–H and O–H groups in total. The molecule has 0 atom stereocenters. The lowest BCUT2D eigenvalue weighted by atomic mass is 10.1. The summed E-state index contributed by atoms with van der Waals surface area (Å²) in [6.45, 7) is 6.14. The van der Waals surface area contributed by atoms with Crippen LogP contribution in [-0.4, -0.2) is 90.9 Å². The largest absolute Gasteiger partial charge is 0.393 e. The third kappa shape index (κ3) is 5.98. The topological polar surface area (TPSA) is 81.1 Å². The maximum atomic E-state index is 12.7. The monoisotopic (exact) mass is 348 g/mol. The molecule has 136 valence electrons. The van der Waals surface area contributed by atoms with Crippen LogP contribution in [-0.2, 0) is 9.84 Å². The summed E-state index contributed by atoms with van der Waals surface area (Å²) in [7, 11) is -3.11. The van der Waals surface area contributed by atoms with Gasteiger partial charge in [0.25, 0.3) is 0 Å². The molecule has 0 unspecified atom stereocenters. The number of aliphatic hydroxyl groups is 2. The van der Waals surface area contributed by atoms with Crippen molar-refractivity contribution in [2.75, 3.05) is 45.0 Å². The number of nitrogens with zero attached hydrogens (tertiary/aromatic N) is 2.